The molecule has 0 heterocycles. The molecular weight excluding hydrogens is 226 g/mol. The van der Waals surface area contributed by atoms with Crippen LogP contribution in [0.25, 0.3) is 0 Å². The second-order valence-electron chi connectivity index (χ2n) is 5.04. The number of allylic oxidation sites excluding steroid dienone is 2. The fraction of sp³-hybridized carbons (Fsp3) is 0.667. The van der Waals surface area contributed by atoms with Crippen LogP contribution < -0.4 is 5.32 Å². The Morgan fingerprint density at radius 3 is 2.83 bits per heavy atom. The number of ether oxygens (including phenoxy) is 1. The van der Waals surface area contributed by atoms with E-state index in [1.165, 1.54) is 19.3 Å². The second-order valence-corrected chi connectivity index (χ2v) is 5.04. The number of unbranched alkanes of at least 4 members (excludes halogenated alkanes) is 1. The van der Waals surface area contributed by atoms with Crippen molar-refractivity contribution < 1.29 is 9.53 Å². The molecule has 0 aliphatic heterocycles. The predicted molar refractivity (Wildman–Crippen MR) is 74.1 cm³/mol. The first kappa shape index (κ1) is 14.8. The minimum absolute atomic E-state index is 0.0670. The SMILES string of the molecule is CCCCC1CC=C(C(=O)OC(C)C)C=C1NC. The summed E-state index contributed by atoms with van der Waals surface area (Å²) in [6.07, 6.45) is 8.41. The molecule has 3 nitrogen and oxygen atoms in total. The third kappa shape index (κ3) is 4.21. The van der Waals surface area contributed by atoms with Crippen molar-refractivity contribution in [2.24, 2.45) is 5.92 Å². The molecule has 18 heavy (non-hydrogen) atoms. The number of rotatable bonds is 6. The van der Waals surface area contributed by atoms with E-state index in [0.717, 1.165) is 12.1 Å². The van der Waals surface area contributed by atoms with Gasteiger partial charge < -0.3 is 10.1 Å². The molecule has 1 unspecified atom stereocenters. The van der Waals surface area contributed by atoms with Crippen molar-refractivity contribution >= 4 is 5.97 Å². The van der Waals surface area contributed by atoms with Crippen LogP contribution in [-0.2, 0) is 9.53 Å². The van der Waals surface area contributed by atoms with Crippen molar-refractivity contribution in [3.05, 3.63) is 23.4 Å². The molecule has 1 N–H and O–H groups in total. The van der Waals surface area contributed by atoms with Gasteiger partial charge in [0.1, 0.15) is 0 Å². The molecular formula is C15H25NO2. The van der Waals surface area contributed by atoms with Crippen LogP contribution in [0, 0.1) is 5.92 Å². The maximum atomic E-state index is 11.8. The molecule has 0 aromatic carbocycles. The Balaban J connectivity index is 2.67. The fourth-order valence-corrected chi connectivity index (χ4v) is 2.17. The van der Waals surface area contributed by atoms with Crippen LogP contribution in [0.15, 0.2) is 23.4 Å². The normalized spacial score (nSPS) is 19.3. The van der Waals surface area contributed by atoms with Gasteiger partial charge in [0.15, 0.2) is 0 Å². The molecule has 1 atom stereocenters. The van der Waals surface area contributed by atoms with E-state index in [1.54, 1.807) is 0 Å². The van der Waals surface area contributed by atoms with Crippen molar-refractivity contribution in [1.82, 2.24) is 5.32 Å². The van der Waals surface area contributed by atoms with Crippen LogP contribution in [0.1, 0.15) is 46.5 Å². The number of nitrogens with one attached hydrogen (secondary N) is 1. The predicted octanol–water partition coefficient (Wildman–Crippen LogP) is 3.18. The topological polar surface area (TPSA) is 38.3 Å². The van der Waals surface area contributed by atoms with Crippen molar-refractivity contribution in [2.45, 2.75) is 52.6 Å². The highest BCUT2D eigenvalue weighted by atomic mass is 16.5. The van der Waals surface area contributed by atoms with E-state index in [0.29, 0.717) is 11.5 Å². The van der Waals surface area contributed by atoms with E-state index in [2.05, 4.69) is 12.2 Å². The highest BCUT2D eigenvalue weighted by Crippen LogP contribution is 2.27. The zero-order chi connectivity index (χ0) is 13.5. The summed E-state index contributed by atoms with van der Waals surface area (Å²) in [5.74, 6) is 0.303. The largest absolute Gasteiger partial charge is 0.459 e. The van der Waals surface area contributed by atoms with Crippen LogP contribution >= 0.6 is 0 Å². The van der Waals surface area contributed by atoms with Gasteiger partial charge in [0.2, 0.25) is 0 Å². The van der Waals surface area contributed by atoms with Crippen LogP contribution in [0.3, 0.4) is 0 Å². The minimum Gasteiger partial charge on any atom is -0.459 e. The zero-order valence-corrected chi connectivity index (χ0v) is 12.0. The second kappa shape index (κ2) is 7.24. The lowest BCUT2D eigenvalue weighted by Crippen LogP contribution is -2.22. The van der Waals surface area contributed by atoms with Gasteiger partial charge in [-0.15, -0.1) is 0 Å². The summed E-state index contributed by atoms with van der Waals surface area (Å²) < 4.78 is 5.22. The van der Waals surface area contributed by atoms with Gasteiger partial charge in [0.05, 0.1) is 11.7 Å². The average molecular weight is 251 g/mol. The Morgan fingerprint density at radius 2 is 2.28 bits per heavy atom. The van der Waals surface area contributed by atoms with Gasteiger partial charge >= 0.3 is 5.97 Å². The van der Waals surface area contributed by atoms with Crippen LogP contribution in [0.2, 0.25) is 0 Å². The summed E-state index contributed by atoms with van der Waals surface area (Å²) in [5.41, 5.74) is 1.84. The molecule has 3 heteroatoms. The Labute approximate surface area is 110 Å². The molecule has 0 saturated heterocycles. The third-order valence-electron chi connectivity index (χ3n) is 3.15. The summed E-state index contributed by atoms with van der Waals surface area (Å²) in [7, 11) is 1.92. The lowest BCUT2D eigenvalue weighted by molar-refractivity contribution is -0.142. The van der Waals surface area contributed by atoms with Gasteiger partial charge in [-0.2, -0.15) is 0 Å². The van der Waals surface area contributed by atoms with E-state index >= 15 is 0 Å². The molecule has 0 amide bonds. The lowest BCUT2D eigenvalue weighted by Gasteiger charge is -2.23. The first-order valence-electron chi connectivity index (χ1n) is 6.89. The van der Waals surface area contributed by atoms with Crippen molar-refractivity contribution in [3.63, 3.8) is 0 Å². The molecule has 0 spiro atoms. The molecule has 0 aromatic rings. The monoisotopic (exact) mass is 251 g/mol. The Kier molecular flexibility index (Phi) is 5.96. The summed E-state index contributed by atoms with van der Waals surface area (Å²) in [4.78, 5) is 11.8. The van der Waals surface area contributed by atoms with E-state index in [-0.39, 0.29) is 12.1 Å². The van der Waals surface area contributed by atoms with Gasteiger partial charge in [-0.05, 0) is 32.8 Å². The summed E-state index contributed by atoms with van der Waals surface area (Å²) in [6, 6.07) is 0. The standard InChI is InChI=1S/C15H25NO2/c1-5-6-7-12-8-9-13(10-14(12)16-4)15(17)18-11(2)3/h9-12,16H,5-8H2,1-4H3. The number of carbonyl (C=O) groups is 1. The van der Waals surface area contributed by atoms with E-state index in [9.17, 15) is 4.79 Å². The van der Waals surface area contributed by atoms with Gasteiger partial charge in [-0.25, -0.2) is 4.79 Å². The van der Waals surface area contributed by atoms with Crippen molar-refractivity contribution in [3.8, 4) is 0 Å². The summed E-state index contributed by atoms with van der Waals surface area (Å²) in [6.45, 7) is 5.94. The molecule has 0 radical (unpaired) electrons. The van der Waals surface area contributed by atoms with E-state index in [4.69, 9.17) is 4.74 Å². The van der Waals surface area contributed by atoms with Crippen LogP contribution in [0.5, 0.6) is 0 Å². The van der Waals surface area contributed by atoms with Crippen molar-refractivity contribution in [1.29, 1.82) is 0 Å². The smallest absolute Gasteiger partial charge is 0.338 e. The summed E-state index contributed by atoms with van der Waals surface area (Å²) in [5, 5.41) is 3.21. The first-order chi connectivity index (χ1) is 8.58. The minimum atomic E-state index is -0.216. The van der Waals surface area contributed by atoms with Gasteiger partial charge in [0.25, 0.3) is 0 Å². The number of carbonyl (C=O) groups excluding carboxylic acids is 1. The van der Waals surface area contributed by atoms with E-state index in [1.807, 2.05) is 33.0 Å². The number of hydrogen-bond acceptors (Lipinski definition) is 3. The maximum absolute atomic E-state index is 11.8. The third-order valence-corrected chi connectivity index (χ3v) is 3.15. The molecule has 1 aliphatic carbocycles. The zero-order valence-electron chi connectivity index (χ0n) is 12.0. The summed E-state index contributed by atoms with van der Waals surface area (Å²) >= 11 is 0. The highest BCUT2D eigenvalue weighted by Gasteiger charge is 2.20. The molecule has 1 aliphatic rings. The van der Waals surface area contributed by atoms with E-state index < -0.39 is 0 Å². The first-order valence-corrected chi connectivity index (χ1v) is 6.89. The maximum Gasteiger partial charge on any atom is 0.338 e. The van der Waals surface area contributed by atoms with Gasteiger partial charge in [-0.3, -0.25) is 0 Å². The number of esters is 1. The quantitative estimate of drug-likeness (QED) is 0.737. The highest BCUT2D eigenvalue weighted by molar-refractivity contribution is 5.92. The lowest BCUT2D eigenvalue weighted by atomic mass is 9.89. The van der Waals surface area contributed by atoms with Gasteiger partial charge in [-0.1, -0.05) is 25.8 Å². The van der Waals surface area contributed by atoms with Gasteiger partial charge in [0, 0.05) is 18.7 Å². The van der Waals surface area contributed by atoms with Crippen molar-refractivity contribution in [2.75, 3.05) is 7.05 Å². The molecule has 1 rings (SSSR count). The molecule has 102 valence electrons. The molecule has 0 bridgehead atoms. The Hall–Kier alpha value is -1.25. The Bertz CT molecular complexity index is 342. The van der Waals surface area contributed by atoms with Crippen LogP contribution in [0.4, 0.5) is 0 Å². The molecule has 0 fully saturated rings. The molecule has 0 aromatic heterocycles. The fourth-order valence-electron chi connectivity index (χ4n) is 2.17. The molecule has 0 saturated carbocycles. The Morgan fingerprint density at radius 1 is 1.56 bits per heavy atom. The number of hydrogen-bond donors (Lipinski definition) is 1. The average Bonchev–Trinajstić information content (AvgIpc) is 2.35. The van der Waals surface area contributed by atoms with Crippen LogP contribution in [-0.4, -0.2) is 19.1 Å².